The highest BCUT2D eigenvalue weighted by Crippen LogP contribution is 2.42. The van der Waals surface area contributed by atoms with Crippen molar-refractivity contribution in [2.24, 2.45) is 10.4 Å². The molecule has 0 N–H and O–H groups in total. The predicted molar refractivity (Wildman–Crippen MR) is 76.5 cm³/mol. The van der Waals surface area contributed by atoms with Crippen LogP contribution in [0.15, 0.2) is 29.3 Å². The standard InChI is InChI=1S/C15H19ClN2/c1-15(2)9-5-8-13-17-12-7-4-3-6-11(12)14(16)18(13)10-15/h3-4,6-7,14H,5,8-10H2,1-2H3. The van der Waals surface area contributed by atoms with Crippen molar-refractivity contribution in [3.63, 3.8) is 0 Å². The fourth-order valence-electron chi connectivity index (χ4n) is 2.93. The van der Waals surface area contributed by atoms with Gasteiger partial charge >= 0.3 is 0 Å². The van der Waals surface area contributed by atoms with Gasteiger partial charge in [-0.25, -0.2) is 4.99 Å². The normalized spacial score (nSPS) is 25.8. The summed E-state index contributed by atoms with van der Waals surface area (Å²) in [5.41, 5.74) is 2.44. The first-order valence-electron chi connectivity index (χ1n) is 6.64. The summed E-state index contributed by atoms with van der Waals surface area (Å²) in [6.45, 7) is 5.63. The van der Waals surface area contributed by atoms with Crippen molar-refractivity contribution in [3.05, 3.63) is 29.8 Å². The number of rotatable bonds is 0. The molecule has 1 aromatic carbocycles. The third kappa shape index (κ3) is 2.03. The van der Waals surface area contributed by atoms with Gasteiger partial charge in [0.15, 0.2) is 0 Å². The number of alkyl halides is 1. The van der Waals surface area contributed by atoms with Gasteiger partial charge in [0.2, 0.25) is 0 Å². The van der Waals surface area contributed by atoms with Crippen LogP contribution in [-0.4, -0.2) is 17.3 Å². The molecule has 3 rings (SSSR count). The lowest BCUT2D eigenvalue weighted by Crippen LogP contribution is -2.39. The first-order valence-corrected chi connectivity index (χ1v) is 7.08. The zero-order chi connectivity index (χ0) is 12.8. The van der Waals surface area contributed by atoms with E-state index in [2.05, 4.69) is 30.9 Å². The zero-order valence-electron chi connectivity index (χ0n) is 11.0. The van der Waals surface area contributed by atoms with Crippen LogP contribution >= 0.6 is 11.6 Å². The maximum atomic E-state index is 6.67. The summed E-state index contributed by atoms with van der Waals surface area (Å²) in [7, 11) is 0. The molecule has 0 radical (unpaired) electrons. The largest absolute Gasteiger partial charge is 0.339 e. The highest BCUT2D eigenvalue weighted by atomic mass is 35.5. The molecule has 2 aliphatic heterocycles. The van der Waals surface area contributed by atoms with Crippen LogP contribution in [0.3, 0.4) is 0 Å². The Bertz CT molecular complexity index is 493. The number of nitrogens with zero attached hydrogens (tertiary/aromatic N) is 2. The van der Waals surface area contributed by atoms with Crippen LogP contribution in [0.4, 0.5) is 5.69 Å². The molecule has 0 spiro atoms. The first-order chi connectivity index (χ1) is 8.57. The van der Waals surface area contributed by atoms with Gasteiger partial charge in [-0.05, 0) is 24.3 Å². The summed E-state index contributed by atoms with van der Waals surface area (Å²) in [5, 5.41) is 0. The minimum atomic E-state index is -0.0638. The molecule has 1 aromatic rings. The van der Waals surface area contributed by atoms with Crippen molar-refractivity contribution >= 4 is 23.1 Å². The summed E-state index contributed by atoms with van der Waals surface area (Å²) >= 11 is 6.67. The molecular formula is C15H19ClN2. The second-order valence-corrected chi connectivity index (χ2v) is 6.48. The van der Waals surface area contributed by atoms with Gasteiger partial charge in [-0.15, -0.1) is 0 Å². The third-order valence-corrected chi connectivity index (χ3v) is 4.37. The fourth-order valence-corrected chi connectivity index (χ4v) is 3.30. The van der Waals surface area contributed by atoms with E-state index < -0.39 is 0 Å². The van der Waals surface area contributed by atoms with Crippen LogP contribution < -0.4 is 0 Å². The number of amidine groups is 1. The molecule has 0 saturated carbocycles. The Labute approximate surface area is 114 Å². The molecule has 2 aliphatic rings. The van der Waals surface area contributed by atoms with E-state index in [9.17, 15) is 0 Å². The smallest absolute Gasteiger partial charge is 0.132 e. The molecular weight excluding hydrogens is 244 g/mol. The average Bonchev–Trinajstić information content (AvgIpc) is 2.48. The third-order valence-electron chi connectivity index (χ3n) is 3.90. The van der Waals surface area contributed by atoms with Crippen molar-refractivity contribution in [2.45, 2.75) is 38.6 Å². The van der Waals surface area contributed by atoms with Crippen LogP contribution in [0, 0.1) is 5.41 Å². The summed E-state index contributed by atoms with van der Waals surface area (Å²) in [4.78, 5) is 7.09. The van der Waals surface area contributed by atoms with Crippen molar-refractivity contribution in [3.8, 4) is 0 Å². The van der Waals surface area contributed by atoms with E-state index >= 15 is 0 Å². The van der Waals surface area contributed by atoms with Gasteiger partial charge in [0, 0.05) is 18.5 Å². The minimum Gasteiger partial charge on any atom is -0.339 e. The number of aliphatic imine (C=N–C) groups is 1. The van der Waals surface area contributed by atoms with Crippen LogP contribution in [0.25, 0.3) is 0 Å². The maximum absolute atomic E-state index is 6.67. The lowest BCUT2D eigenvalue weighted by molar-refractivity contribution is 0.237. The van der Waals surface area contributed by atoms with E-state index in [0.29, 0.717) is 5.41 Å². The Morgan fingerprint density at radius 3 is 2.94 bits per heavy atom. The zero-order valence-corrected chi connectivity index (χ0v) is 11.7. The average molecular weight is 263 g/mol. The maximum Gasteiger partial charge on any atom is 0.132 e. The molecule has 3 heteroatoms. The molecule has 1 unspecified atom stereocenters. The Morgan fingerprint density at radius 2 is 2.11 bits per heavy atom. The van der Waals surface area contributed by atoms with Gasteiger partial charge in [-0.1, -0.05) is 43.6 Å². The van der Waals surface area contributed by atoms with Gasteiger partial charge in [0.05, 0.1) is 5.69 Å². The number of halogens is 1. The first kappa shape index (κ1) is 12.0. The second-order valence-electron chi connectivity index (χ2n) is 6.07. The van der Waals surface area contributed by atoms with Crippen molar-refractivity contribution in [1.82, 2.24) is 4.90 Å². The minimum absolute atomic E-state index is 0.0638. The monoisotopic (exact) mass is 262 g/mol. The Hall–Kier alpha value is -1.02. The molecule has 1 atom stereocenters. The van der Waals surface area contributed by atoms with Crippen LogP contribution in [0.1, 0.15) is 44.2 Å². The lowest BCUT2D eigenvalue weighted by Gasteiger charge is -2.37. The predicted octanol–water partition coefficient (Wildman–Crippen LogP) is 4.48. The van der Waals surface area contributed by atoms with Crippen LogP contribution in [0.2, 0.25) is 0 Å². The molecule has 2 nitrogen and oxygen atoms in total. The fraction of sp³-hybridized carbons (Fsp3) is 0.533. The Balaban J connectivity index is 2.03. The van der Waals surface area contributed by atoms with Gasteiger partial charge < -0.3 is 4.90 Å². The quantitative estimate of drug-likeness (QED) is 0.497. The Morgan fingerprint density at radius 1 is 1.33 bits per heavy atom. The van der Waals surface area contributed by atoms with E-state index in [-0.39, 0.29) is 5.50 Å². The van der Waals surface area contributed by atoms with Crippen molar-refractivity contribution in [2.75, 3.05) is 6.54 Å². The summed E-state index contributed by atoms with van der Waals surface area (Å²) in [6.07, 6.45) is 3.48. The van der Waals surface area contributed by atoms with E-state index in [1.165, 1.54) is 18.7 Å². The number of fused-ring (bicyclic) bond motifs is 2. The van der Waals surface area contributed by atoms with Crippen LogP contribution in [-0.2, 0) is 0 Å². The Kier molecular flexibility index (Phi) is 2.86. The van der Waals surface area contributed by atoms with Gasteiger partial charge in [-0.2, -0.15) is 0 Å². The summed E-state index contributed by atoms with van der Waals surface area (Å²) in [6, 6.07) is 8.22. The summed E-state index contributed by atoms with van der Waals surface area (Å²) in [5.74, 6) is 1.17. The molecule has 0 aromatic heterocycles. The van der Waals surface area contributed by atoms with E-state index in [0.717, 1.165) is 24.2 Å². The molecule has 18 heavy (non-hydrogen) atoms. The van der Waals surface area contributed by atoms with Crippen LogP contribution in [0.5, 0.6) is 0 Å². The molecule has 2 heterocycles. The van der Waals surface area contributed by atoms with E-state index in [4.69, 9.17) is 16.6 Å². The highest BCUT2D eigenvalue weighted by Gasteiger charge is 2.34. The molecule has 1 saturated heterocycles. The van der Waals surface area contributed by atoms with Gasteiger partial charge in [0.25, 0.3) is 0 Å². The highest BCUT2D eigenvalue weighted by molar-refractivity contribution is 6.22. The van der Waals surface area contributed by atoms with Crippen molar-refractivity contribution in [1.29, 1.82) is 0 Å². The molecule has 1 fully saturated rings. The van der Waals surface area contributed by atoms with Gasteiger partial charge in [-0.3, -0.25) is 0 Å². The van der Waals surface area contributed by atoms with Gasteiger partial charge in [0.1, 0.15) is 11.3 Å². The number of hydrogen-bond donors (Lipinski definition) is 0. The topological polar surface area (TPSA) is 15.6 Å². The molecule has 96 valence electrons. The molecule has 0 aliphatic carbocycles. The lowest BCUT2D eigenvalue weighted by atomic mass is 9.88. The molecule has 0 bridgehead atoms. The summed E-state index contributed by atoms with van der Waals surface area (Å²) < 4.78 is 0. The van der Waals surface area contributed by atoms with E-state index in [1.54, 1.807) is 0 Å². The van der Waals surface area contributed by atoms with E-state index in [1.807, 2.05) is 12.1 Å². The number of hydrogen-bond acceptors (Lipinski definition) is 2. The molecule has 0 amide bonds. The SMILES string of the molecule is CC1(C)CCCC2=Nc3ccccc3C(Cl)N2C1. The number of benzene rings is 1. The van der Waals surface area contributed by atoms with Crippen molar-refractivity contribution < 1.29 is 0 Å². The second kappa shape index (κ2) is 4.27. The number of para-hydroxylation sites is 1.